The molecule has 0 bridgehead atoms. The molecule has 1 fully saturated rings. The van der Waals surface area contributed by atoms with Gasteiger partial charge in [0, 0.05) is 48.6 Å². The lowest BCUT2D eigenvalue weighted by Gasteiger charge is -2.33. The summed E-state index contributed by atoms with van der Waals surface area (Å²) in [5.41, 5.74) is 1.72. The molecule has 1 aromatic carbocycles. The maximum absolute atomic E-state index is 12.9. The average molecular weight is 382 g/mol. The SMILES string of the molecule is O=C(c1ccc(-n2cccc2)cc1)N1CCCC(Oc2ccncc2Cl)C1. The summed E-state index contributed by atoms with van der Waals surface area (Å²) in [6, 6.07) is 13.4. The number of hydrogen-bond acceptors (Lipinski definition) is 3. The van der Waals surface area contributed by atoms with E-state index in [1.165, 1.54) is 0 Å². The number of ether oxygens (including phenoxy) is 1. The maximum atomic E-state index is 12.9. The van der Waals surface area contributed by atoms with Gasteiger partial charge in [-0.05, 0) is 49.2 Å². The first-order chi connectivity index (χ1) is 13.2. The topological polar surface area (TPSA) is 47.4 Å². The zero-order valence-corrected chi connectivity index (χ0v) is 15.5. The van der Waals surface area contributed by atoms with Crippen LogP contribution in [0.15, 0.2) is 67.3 Å². The molecule has 1 atom stereocenters. The molecule has 3 aromatic rings. The largest absolute Gasteiger partial charge is 0.487 e. The van der Waals surface area contributed by atoms with E-state index in [9.17, 15) is 4.79 Å². The van der Waals surface area contributed by atoms with Gasteiger partial charge >= 0.3 is 0 Å². The number of aromatic nitrogens is 2. The Morgan fingerprint density at radius 3 is 2.67 bits per heavy atom. The van der Waals surface area contributed by atoms with Crippen LogP contribution in [0.2, 0.25) is 5.02 Å². The number of carbonyl (C=O) groups is 1. The molecule has 0 aliphatic carbocycles. The predicted molar refractivity (Wildman–Crippen MR) is 105 cm³/mol. The highest BCUT2D eigenvalue weighted by molar-refractivity contribution is 6.31. The summed E-state index contributed by atoms with van der Waals surface area (Å²) >= 11 is 6.13. The molecule has 0 saturated carbocycles. The molecule has 1 aliphatic rings. The first-order valence-corrected chi connectivity index (χ1v) is 9.37. The van der Waals surface area contributed by atoms with Crippen molar-refractivity contribution in [1.29, 1.82) is 0 Å². The number of piperidine rings is 1. The monoisotopic (exact) mass is 381 g/mol. The molecule has 138 valence electrons. The van der Waals surface area contributed by atoms with Crippen LogP contribution in [0.25, 0.3) is 5.69 Å². The van der Waals surface area contributed by atoms with Gasteiger partial charge in [-0.2, -0.15) is 0 Å². The number of nitrogens with zero attached hydrogens (tertiary/aromatic N) is 3. The molecule has 1 saturated heterocycles. The second-order valence-corrected chi connectivity index (χ2v) is 6.98. The molecule has 0 spiro atoms. The number of hydrogen-bond donors (Lipinski definition) is 0. The first-order valence-electron chi connectivity index (χ1n) is 8.99. The summed E-state index contributed by atoms with van der Waals surface area (Å²) in [7, 11) is 0. The standard InChI is InChI=1S/C21H20ClN3O2/c22-19-14-23-10-9-20(19)27-18-4-3-13-25(15-18)21(26)16-5-7-17(8-6-16)24-11-1-2-12-24/h1-2,5-12,14,18H,3-4,13,15H2. The van der Waals surface area contributed by atoms with Crippen LogP contribution in [0.3, 0.4) is 0 Å². The molecule has 4 rings (SSSR count). The van der Waals surface area contributed by atoms with E-state index < -0.39 is 0 Å². The van der Waals surface area contributed by atoms with Crippen molar-refractivity contribution in [2.24, 2.45) is 0 Å². The third-order valence-electron chi connectivity index (χ3n) is 4.71. The van der Waals surface area contributed by atoms with Crippen LogP contribution >= 0.6 is 11.6 Å². The quantitative estimate of drug-likeness (QED) is 0.680. The molecular formula is C21H20ClN3O2. The minimum atomic E-state index is -0.0678. The van der Waals surface area contributed by atoms with Gasteiger partial charge < -0.3 is 14.2 Å². The molecule has 6 heteroatoms. The Hall–Kier alpha value is -2.79. The number of pyridine rings is 1. The average Bonchev–Trinajstić information content (AvgIpc) is 3.24. The van der Waals surface area contributed by atoms with Crippen molar-refractivity contribution >= 4 is 17.5 Å². The highest BCUT2D eigenvalue weighted by Gasteiger charge is 2.26. The molecule has 2 aromatic heterocycles. The van der Waals surface area contributed by atoms with Crippen molar-refractivity contribution in [3.8, 4) is 11.4 Å². The number of amides is 1. The summed E-state index contributed by atoms with van der Waals surface area (Å²) in [6.45, 7) is 1.29. The minimum absolute atomic E-state index is 0.0307. The second-order valence-electron chi connectivity index (χ2n) is 6.58. The Morgan fingerprint density at radius 2 is 1.93 bits per heavy atom. The fourth-order valence-corrected chi connectivity index (χ4v) is 3.49. The van der Waals surface area contributed by atoms with E-state index in [1.54, 1.807) is 18.5 Å². The normalized spacial score (nSPS) is 16.9. The first kappa shape index (κ1) is 17.6. The van der Waals surface area contributed by atoms with Crippen LogP contribution in [0, 0.1) is 0 Å². The molecule has 5 nitrogen and oxygen atoms in total. The van der Waals surface area contributed by atoms with Crippen molar-refractivity contribution in [2.45, 2.75) is 18.9 Å². The fraction of sp³-hybridized carbons (Fsp3) is 0.238. The Bertz CT molecular complexity index is 909. The van der Waals surface area contributed by atoms with E-state index in [4.69, 9.17) is 16.3 Å². The molecule has 1 aliphatic heterocycles. The van der Waals surface area contributed by atoms with E-state index >= 15 is 0 Å². The van der Waals surface area contributed by atoms with Gasteiger partial charge in [0.05, 0.1) is 6.54 Å². The number of carbonyl (C=O) groups excluding carboxylic acids is 1. The third-order valence-corrected chi connectivity index (χ3v) is 4.99. The molecule has 1 amide bonds. The van der Waals surface area contributed by atoms with Crippen LogP contribution < -0.4 is 4.74 Å². The summed E-state index contributed by atoms with van der Waals surface area (Å²) in [6.07, 6.45) is 8.91. The number of likely N-dealkylation sites (tertiary alicyclic amines) is 1. The number of halogens is 1. The molecule has 3 heterocycles. The third kappa shape index (κ3) is 3.98. The Morgan fingerprint density at radius 1 is 1.15 bits per heavy atom. The van der Waals surface area contributed by atoms with Gasteiger partial charge in [0.1, 0.15) is 16.9 Å². The van der Waals surface area contributed by atoms with Crippen molar-refractivity contribution < 1.29 is 9.53 Å². The molecule has 0 N–H and O–H groups in total. The summed E-state index contributed by atoms with van der Waals surface area (Å²) in [5, 5.41) is 0.488. The highest BCUT2D eigenvalue weighted by atomic mass is 35.5. The zero-order valence-electron chi connectivity index (χ0n) is 14.8. The Labute approximate surface area is 163 Å². The van der Waals surface area contributed by atoms with Crippen LogP contribution in [0.4, 0.5) is 0 Å². The zero-order chi connectivity index (χ0) is 18.6. The predicted octanol–water partition coefficient (Wildman–Crippen LogP) is 4.21. The second kappa shape index (κ2) is 7.84. The molecular weight excluding hydrogens is 362 g/mol. The van der Waals surface area contributed by atoms with Crippen LogP contribution in [0.1, 0.15) is 23.2 Å². The lowest BCUT2D eigenvalue weighted by atomic mass is 10.1. The molecule has 1 unspecified atom stereocenters. The summed E-state index contributed by atoms with van der Waals surface area (Å²) in [4.78, 5) is 18.7. The number of rotatable bonds is 4. The van der Waals surface area contributed by atoms with Crippen molar-refractivity contribution in [3.63, 3.8) is 0 Å². The summed E-state index contributed by atoms with van der Waals surface area (Å²) in [5.74, 6) is 0.644. The van der Waals surface area contributed by atoms with Gasteiger partial charge in [0.25, 0.3) is 5.91 Å². The van der Waals surface area contributed by atoms with E-state index in [-0.39, 0.29) is 12.0 Å². The van der Waals surface area contributed by atoms with Gasteiger partial charge in [0.15, 0.2) is 0 Å². The maximum Gasteiger partial charge on any atom is 0.253 e. The van der Waals surface area contributed by atoms with Crippen LogP contribution in [-0.4, -0.2) is 39.6 Å². The fourth-order valence-electron chi connectivity index (χ4n) is 3.32. The van der Waals surface area contributed by atoms with Crippen molar-refractivity contribution in [2.75, 3.05) is 13.1 Å². The van der Waals surface area contributed by atoms with Crippen molar-refractivity contribution in [3.05, 3.63) is 77.8 Å². The summed E-state index contributed by atoms with van der Waals surface area (Å²) < 4.78 is 8.01. The minimum Gasteiger partial charge on any atom is -0.487 e. The van der Waals surface area contributed by atoms with Crippen molar-refractivity contribution in [1.82, 2.24) is 14.5 Å². The van der Waals surface area contributed by atoms with Gasteiger partial charge in [-0.3, -0.25) is 9.78 Å². The van der Waals surface area contributed by atoms with Gasteiger partial charge in [-0.1, -0.05) is 11.6 Å². The highest BCUT2D eigenvalue weighted by Crippen LogP contribution is 2.26. The van der Waals surface area contributed by atoms with Gasteiger partial charge in [0.2, 0.25) is 0 Å². The van der Waals surface area contributed by atoms with E-state index in [2.05, 4.69) is 4.98 Å². The molecule has 0 radical (unpaired) electrons. The van der Waals surface area contributed by atoms with Crippen LogP contribution in [0.5, 0.6) is 5.75 Å². The smallest absolute Gasteiger partial charge is 0.253 e. The van der Waals surface area contributed by atoms with Gasteiger partial charge in [-0.25, -0.2) is 0 Å². The van der Waals surface area contributed by atoms with Gasteiger partial charge in [-0.15, -0.1) is 0 Å². The van der Waals surface area contributed by atoms with E-state index in [1.807, 2.05) is 58.3 Å². The van der Waals surface area contributed by atoms with E-state index in [0.29, 0.717) is 22.9 Å². The molecule has 27 heavy (non-hydrogen) atoms. The lowest BCUT2D eigenvalue weighted by molar-refractivity contribution is 0.0538. The lowest BCUT2D eigenvalue weighted by Crippen LogP contribution is -2.44. The Kier molecular flexibility index (Phi) is 5.12. The Balaban J connectivity index is 1.43. The number of benzene rings is 1. The van der Waals surface area contributed by atoms with E-state index in [0.717, 1.165) is 25.1 Å². The van der Waals surface area contributed by atoms with Crippen LogP contribution in [-0.2, 0) is 0 Å².